The van der Waals surface area contributed by atoms with E-state index in [1.54, 1.807) is 48.5 Å². The summed E-state index contributed by atoms with van der Waals surface area (Å²) in [6, 6.07) is 16.9. The van der Waals surface area contributed by atoms with Crippen molar-refractivity contribution < 1.29 is 27.1 Å². The van der Waals surface area contributed by atoms with E-state index in [4.69, 9.17) is 9.15 Å². The summed E-state index contributed by atoms with van der Waals surface area (Å²) >= 11 is 0. The standard InChI is InChI=1S/C23H15F3N4O3/c24-23(25,26)21-18(20(31)17-10-5-11-32-17)19(30-22(29-21)27-13-28-30)14-6-4-9-16(12-14)33-15-7-2-1-3-8-15/h1-13,19H,(H,27,28,29)/t19-/m1/s1. The lowest BCUT2D eigenvalue weighted by molar-refractivity contribution is -0.0918. The molecule has 5 rings (SSSR count). The minimum absolute atomic E-state index is 0.141. The Morgan fingerprint density at radius 1 is 1.03 bits per heavy atom. The van der Waals surface area contributed by atoms with Gasteiger partial charge in [-0.25, -0.2) is 4.68 Å². The monoisotopic (exact) mass is 452 g/mol. The van der Waals surface area contributed by atoms with Crippen LogP contribution in [0.25, 0.3) is 0 Å². The van der Waals surface area contributed by atoms with Crippen LogP contribution in [0, 0.1) is 0 Å². The lowest BCUT2D eigenvalue weighted by Crippen LogP contribution is -2.35. The highest BCUT2D eigenvalue weighted by Gasteiger charge is 2.46. The number of fused-ring (bicyclic) bond motifs is 1. The molecule has 2 aromatic carbocycles. The molecule has 1 aliphatic rings. The van der Waals surface area contributed by atoms with Crippen LogP contribution in [0.2, 0.25) is 0 Å². The number of allylic oxidation sites excluding steroid dienone is 2. The van der Waals surface area contributed by atoms with Gasteiger partial charge in [0.05, 0.1) is 11.8 Å². The van der Waals surface area contributed by atoms with Gasteiger partial charge >= 0.3 is 6.18 Å². The van der Waals surface area contributed by atoms with Gasteiger partial charge in [0.15, 0.2) is 5.76 Å². The molecule has 10 heteroatoms. The first kappa shape index (κ1) is 20.6. The minimum Gasteiger partial charge on any atom is -0.461 e. The number of halogens is 3. The summed E-state index contributed by atoms with van der Waals surface area (Å²) in [5, 5.41) is 6.29. The number of alkyl halides is 3. The van der Waals surface area contributed by atoms with Crippen molar-refractivity contribution in [3.8, 4) is 11.5 Å². The topological polar surface area (TPSA) is 82.2 Å². The summed E-state index contributed by atoms with van der Waals surface area (Å²) in [4.78, 5) is 17.1. The fourth-order valence-corrected chi connectivity index (χ4v) is 3.65. The predicted octanol–water partition coefficient (Wildman–Crippen LogP) is 5.38. The van der Waals surface area contributed by atoms with E-state index in [0.717, 1.165) is 6.33 Å². The number of anilines is 1. The third-order valence-corrected chi connectivity index (χ3v) is 5.02. The van der Waals surface area contributed by atoms with Crippen LogP contribution < -0.4 is 10.1 Å². The number of carbonyl (C=O) groups excluding carboxylic acids is 1. The van der Waals surface area contributed by atoms with Gasteiger partial charge in [0, 0.05) is 0 Å². The number of ketones is 1. The van der Waals surface area contributed by atoms with Crippen molar-refractivity contribution in [1.82, 2.24) is 14.8 Å². The molecular formula is C23H15F3N4O3. The van der Waals surface area contributed by atoms with Gasteiger partial charge in [0.2, 0.25) is 11.7 Å². The van der Waals surface area contributed by atoms with E-state index in [0.29, 0.717) is 17.1 Å². The molecule has 0 bridgehead atoms. The maximum Gasteiger partial charge on any atom is 0.431 e. The molecule has 0 saturated carbocycles. The van der Waals surface area contributed by atoms with Crippen LogP contribution in [-0.2, 0) is 0 Å². The molecule has 7 nitrogen and oxygen atoms in total. The highest BCUT2D eigenvalue weighted by atomic mass is 19.4. The van der Waals surface area contributed by atoms with Gasteiger partial charge in [-0.2, -0.15) is 23.3 Å². The van der Waals surface area contributed by atoms with E-state index in [2.05, 4.69) is 15.4 Å². The molecule has 166 valence electrons. The molecular weight excluding hydrogens is 437 g/mol. The molecule has 0 fully saturated rings. The summed E-state index contributed by atoms with van der Waals surface area (Å²) in [5.74, 6) is -0.339. The molecule has 0 radical (unpaired) electrons. The largest absolute Gasteiger partial charge is 0.461 e. The quantitative estimate of drug-likeness (QED) is 0.410. The van der Waals surface area contributed by atoms with Crippen LogP contribution in [-0.4, -0.2) is 26.7 Å². The zero-order chi connectivity index (χ0) is 23.0. The molecule has 3 heterocycles. The second kappa shape index (κ2) is 7.97. The second-order valence-corrected chi connectivity index (χ2v) is 7.14. The zero-order valence-corrected chi connectivity index (χ0v) is 16.8. The summed E-state index contributed by atoms with van der Waals surface area (Å²) in [5.41, 5.74) is -1.43. The van der Waals surface area contributed by atoms with Crippen molar-refractivity contribution >= 4 is 11.7 Å². The third kappa shape index (κ3) is 3.86. The number of rotatable bonds is 5. The van der Waals surface area contributed by atoms with Crippen LogP contribution in [0.15, 0.2) is 95.0 Å². The zero-order valence-electron chi connectivity index (χ0n) is 16.8. The highest BCUT2D eigenvalue weighted by molar-refractivity contribution is 6.09. The highest BCUT2D eigenvalue weighted by Crippen LogP contribution is 2.42. The van der Waals surface area contributed by atoms with Crippen molar-refractivity contribution in [2.45, 2.75) is 12.2 Å². The Hall–Kier alpha value is -4.34. The Bertz CT molecular complexity index is 1330. The Morgan fingerprint density at radius 3 is 2.55 bits per heavy atom. The Kier molecular flexibility index (Phi) is 4.97. The number of nitrogens with zero attached hydrogens (tertiary/aromatic N) is 3. The Balaban J connectivity index is 1.66. The van der Waals surface area contributed by atoms with E-state index in [1.165, 1.54) is 23.1 Å². The second-order valence-electron chi connectivity index (χ2n) is 7.14. The first-order chi connectivity index (χ1) is 15.9. The number of nitrogens with one attached hydrogen (secondary N) is 1. The average molecular weight is 452 g/mol. The van der Waals surface area contributed by atoms with Crippen molar-refractivity contribution in [2.24, 2.45) is 0 Å². The Labute approximate surface area is 185 Å². The number of ether oxygens (including phenoxy) is 1. The Morgan fingerprint density at radius 2 is 1.82 bits per heavy atom. The van der Waals surface area contributed by atoms with Gasteiger partial charge in [-0.3, -0.25) is 4.79 Å². The molecule has 0 saturated heterocycles. The number of furan rings is 1. The van der Waals surface area contributed by atoms with E-state index in [-0.39, 0.29) is 11.7 Å². The van der Waals surface area contributed by atoms with Crippen molar-refractivity contribution in [3.05, 3.63) is 102 Å². The number of Topliss-reactive ketones (excluding diaryl/α,β-unsaturated/α-hetero) is 1. The van der Waals surface area contributed by atoms with Gasteiger partial charge in [-0.1, -0.05) is 30.3 Å². The van der Waals surface area contributed by atoms with E-state index >= 15 is 0 Å². The van der Waals surface area contributed by atoms with Gasteiger partial charge in [0.1, 0.15) is 29.6 Å². The van der Waals surface area contributed by atoms with Crippen LogP contribution in [0.5, 0.6) is 11.5 Å². The summed E-state index contributed by atoms with van der Waals surface area (Å²) < 4.78 is 54.4. The number of carbonyl (C=O) groups is 1. The molecule has 0 unspecified atom stereocenters. The number of aromatic nitrogens is 3. The van der Waals surface area contributed by atoms with Gasteiger partial charge in [-0.15, -0.1) is 0 Å². The number of para-hydroxylation sites is 1. The molecule has 1 N–H and O–H groups in total. The first-order valence-electron chi connectivity index (χ1n) is 9.81. The predicted molar refractivity (Wildman–Crippen MR) is 111 cm³/mol. The van der Waals surface area contributed by atoms with Gasteiger partial charge in [0.25, 0.3) is 0 Å². The average Bonchev–Trinajstić information content (AvgIpc) is 3.50. The molecule has 33 heavy (non-hydrogen) atoms. The molecule has 2 aromatic heterocycles. The fraction of sp³-hybridized carbons (Fsp3) is 0.0870. The first-order valence-corrected chi connectivity index (χ1v) is 9.81. The maximum absolute atomic E-state index is 14.1. The summed E-state index contributed by atoms with van der Waals surface area (Å²) in [6.07, 6.45) is -2.51. The summed E-state index contributed by atoms with van der Waals surface area (Å²) in [7, 11) is 0. The minimum atomic E-state index is -4.86. The van der Waals surface area contributed by atoms with Crippen LogP contribution in [0.1, 0.15) is 22.2 Å². The van der Waals surface area contributed by atoms with Crippen LogP contribution in [0.3, 0.4) is 0 Å². The van der Waals surface area contributed by atoms with Gasteiger partial charge in [-0.05, 0) is 42.0 Å². The van der Waals surface area contributed by atoms with Crippen molar-refractivity contribution in [2.75, 3.05) is 5.32 Å². The lowest BCUT2D eigenvalue weighted by atomic mass is 9.91. The van der Waals surface area contributed by atoms with E-state index in [9.17, 15) is 18.0 Å². The smallest absolute Gasteiger partial charge is 0.431 e. The molecule has 0 amide bonds. The van der Waals surface area contributed by atoms with Crippen molar-refractivity contribution in [1.29, 1.82) is 0 Å². The molecule has 1 aliphatic heterocycles. The molecule has 0 aliphatic carbocycles. The van der Waals surface area contributed by atoms with E-state index in [1.807, 2.05) is 6.07 Å². The number of benzene rings is 2. The third-order valence-electron chi connectivity index (χ3n) is 5.02. The maximum atomic E-state index is 14.1. The lowest BCUT2D eigenvalue weighted by Gasteiger charge is -2.30. The summed E-state index contributed by atoms with van der Waals surface area (Å²) in [6.45, 7) is 0. The number of hydrogen-bond donors (Lipinski definition) is 1. The SMILES string of the molecule is O=C(C1=C(C(F)(F)F)Nc2ncnn2[C@@H]1c1cccc(Oc2ccccc2)c1)c1ccco1. The van der Waals surface area contributed by atoms with E-state index < -0.39 is 29.3 Å². The fourth-order valence-electron chi connectivity index (χ4n) is 3.65. The van der Waals surface area contributed by atoms with Crippen molar-refractivity contribution in [3.63, 3.8) is 0 Å². The normalized spacial score (nSPS) is 15.7. The van der Waals surface area contributed by atoms with Gasteiger partial charge < -0.3 is 14.5 Å². The van der Waals surface area contributed by atoms with Crippen LogP contribution in [0.4, 0.5) is 19.1 Å². The molecule has 4 aromatic rings. The number of hydrogen-bond acceptors (Lipinski definition) is 6. The van der Waals surface area contributed by atoms with Crippen LogP contribution >= 0.6 is 0 Å². The molecule has 0 spiro atoms. The molecule has 1 atom stereocenters.